The summed E-state index contributed by atoms with van der Waals surface area (Å²) >= 11 is 6.15. The van der Waals surface area contributed by atoms with Crippen LogP contribution in [-0.2, 0) is 19.4 Å². The molecule has 0 aromatic heterocycles. The van der Waals surface area contributed by atoms with Gasteiger partial charge in [-0.1, -0.05) is 41.9 Å². The van der Waals surface area contributed by atoms with Crippen LogP contribution < -0.4 is 21.7 Å². The topological polar surface area (TPSA) is 123 Å². The monoisotopic (exact) mass is 638 g/mol. The molecule has 1 amide bonds. The average molecular weight is 639 g/mol. The first kappa shape index (κ1) is 32.2. The minimum absolute atomic E-state index is 0.0529. The number of benzene rings is 2. The second kappa shape index (κ2) is 13.5. The first-order valence-corrected chi connectivity index (χ1v) is 16.9. The van der Waals surface area contributed by atoms with Crippen molar-refractivity contribution in [2.45, 2.75) is 72.2 Å². The second-order valence-corrected chi connectivity index (χ2v) is 14.9. The third kappa shape index (κ3) is 7.23. The molecule has 0 spiro atoms. The molecule has 2 saturated heterocycles. The van der Waals surface area contributed by atoms with Gasteiger partial charge < -0.3 is 21.1 Å². The Morgan fingerprint density at radius 2 is 1.77 bits per heavy atom. The van der Waals surface area contributed by atoms with Crippen LogP contribution in [0.2, 0.25) is 5.02 Å². The van der Waals surface area contributed by atoms with Crippen LogP contribution in [0.15, 0.2) is 59.5 Å². The summed E-state index contributed by atoms with van der Waals surface area (Å²) in [5, 5.41) is 10.3. The van der Waals surface area contributed by atoms with Crippen molar-refractivity contribution < 1.29 is 26.7 Å². The van der Waals surface area contributed by atoms with E-state index in [-0.39, 0.29) is 36.1 Å². The van der Waals surface area contributed by atoms with Crippen LogP contribution in [0.3, 0.4) is 0 Å². The Morgan fingerprint density at radius 3 is 2.40 bits per heavy atom. The molecule has 2 aromatic rings. The summed E-state index contributed by atoms with van der Waals surface area (Å²) in [7, 11) is -3.84. The maximum absolute atomic E-state index is 15.0. The van der Waals surface area contributed by atoms with Crippen LogP contribution in [0, 0.1) is 11.8 Å². The van der Waals surface area contributed by atoms with E-state index in [0.29, 0.717) is 44.2 Å². The van der Waals surface area contributed by atoms with Crippen molar-refractivity contribution in [1.29, 1.82) is 0 Å². The normalized spacial score (nSPS) is 27.9. The minimum Gasteiger partial charge on any atom is -0.381 e. The van der Waals surface area contributed by atoms with Crippen molar-refractivity contribution in [1.82, 2.24) is 16.0 Å². The molecule has 3 fully saturated rings. The van der Waals surface area contributed by atoms with Gasteiger partial charge >= 0.3 is 0 Å². The zero-order valence-electron chi connectivity index (χ0n) is 24.1. The molecule has 8 nitrogen and oxygen atoms in total. The summed E-state index contributed by atoms with van der Waals surface area (Å²) in [6.45, 7) is 2.30. The van der Waals surface area contributed by atoms with Crippen LogP contribution in [0.4, 0.5) is 8.78 Å². The number of rotatable bonds is 11. The molecule has 12 heteroatoms. The molecule has 5 rings (SSSR count). The molecule has 1 saturated carbocycles. The summed E-state index contributed by atoms with van der Waals surface area (Å²) in [4.78, 5) is 11.9. The van der Waals surface area contributed by atoms with Crippen molar-refractivity contribution in [3.8, 4) is 0 Å². The zero-order chi connectivity index (χ0) is 30.7. The van der Waals surface area contributed by atoms with Gasteiger partial charge in [0.25, 0.3) is 0 Å². The summed E-state index contributed by atoms with van der Waals surface area (Å²) in [5.74, 6) is -4.44. The lowest BCUT2D eigenvalue weighted by molar-refractivity contribution is -0.121. The van der Waals surface area contributed by atoms with Gasteiger partial charge in [0.1, 0.15) is 4.87 Å². The minimum atomic E-state index is -3.84. The first-order chi connectivity index (χ1) is 20.5. The van der Waals surface area contributed by atoms with Gasteiger partial charge in [-0.05, 0) is 67.3 Å². The smallest absolute Gasteiger partial charge is 0.250 e. The summed E-state index contributed by atoms with van der Waals surface area (Å²) < 4.78 is 63.4. The van der Waals surface area contributed by atoms with E-state index in [9.17, 15) is 13.2 Å². The molecule has 2 unspecified atom stereocenters. The van der Waals surface area contributed by atoms with Crippen LogP contribution in [0.5, 0.6) is 0 Å². The van der Waals surface area contributed by atoms with Gasteiger partial charge in [0, 0.05) is 62.7 Å². The van der Waals surface area contributed by atoms with E-state index in [1.54, 1.807) is 42.5 Å². The SMILES string of the molecule is NC(=O)[C@@H](NC1CC(F)(F)CC1CC[C@]1(S(=O)(=O)c2ccccc2)CNCCN1)[C@H](c1ccc(Cl)cc1)C1CCOCC1. The fraction of sp³-hybridized carbons (Fsp3) is 0.581. The van der Waals surface area contributed by atoms with E-state index in [4.69, 9.17) is 22.1 Å². The van der Waals surface area contributed by atoms with Gasteiger partial charge in [-0.3, -0.25) is 10.1 Å². The second-order valence-electron chi connectivity index (χ2n) is 12.2. The molecule has 0 bridgehead atoms. The number of amides is 1. The average Bonchev–Trinajstić information content (AvgIpc) is 3.30. The van der Waals surface area contributed by atoms with Crippen LogP contribution in [-0.4, -0.2) is 70.1 Å². The number of primary amides is 1. The molecule has 0 radical (unpaired) electrons. The summed E-state index contributed by atoms with van der Waals surface area (Å²) in [6.07, 6.45) is 0.935. The molecule has 2 aromatic carbocycles. The van der Waals surface area contributed by atoms with Crippen molar-refractivity contribution in [2.24, 2.45) is 17.6 Å². The summed E-state index contributed by atoms with van der Waals surface area (Å²) in [6, 6.07) is 13.8. The van der Waals surface area contributed by atoms with Crippen LogP contribution in [0.1, 0.15) is 50.0 Å². The highest BCUT2D eigenvalue weighted by atomic mass is 35.5. The van der Waals surface area contributed by atoms with Gasteiger partial charge in [-0.25, -0.2) is 17.2 Å². The van der Waals surface area contributed by atoms with Gasteiger partial charge in [0.05, 0.1) is 10.9 Å². The number of hydrogen-bond donors (Lipinski definition) is 4. The van der Waals surface area contributed by atoms with Crippen molar-refractivity contribution in [2.75, 3.05) is 32.8 Å². The number of carbonyl (C=O) groups excluding carboxylic acids is 1. The van der Waals surface area contributed by atoms with E-state index in [2.05, 4.69) is 16.0 Å². The number of nitrogens with two attached hydrogens (primary N) is 1. The van der Waals surface area contributed by atoms with Gasteiger partial charge in [-0.15, -0.1) is 0 Å². The Kier molecular flexibility index (Phi) is 10.1. The van der Waals surface area contributed by atoms with E-state index in [1.165, 1.54) is 0 Å². The number of nitrogens with one attached hydrogen (secondary N) is 3. The molecular weight excluding hydrogens is 598 g/mol. The Morgan fingerprint density at radius 1 is 1.07 bits per heavy atom. The van der Waals surface area contributed by atoms with Gasteiger partial charge in [0.2, 0.25) is 11.8 Å². The Bertz CT molecular complexity index is 1340. The predicted molar refractivity (Wildman–Crippen MR) is 162 cm³/mol. The third-order valence-electron chi connectivity index (χ3n) is 9.38. The maximum atomic E-state index is 15.0. The number of carbonyl (C=O) groups is 1. The Hall–Kier alpha value is -2.15. The van der Waals surface area contributed by atoms with E-state index >= 15 is 8.78 Å². The molecule has 5 N–H and O–H groups in total. The van der Waals surface area contributed by atoms with Gasteiger partial charge in [0.15, 0.2) is 9.84 Å². The largest absolute Gasteiger partial charge is 0.381 e. The van der Waals surface area contributed by atoms with E-state index in [1.807, 2.05) is 12.1 Å². The number of halogens is 3. The molecule has 2 heterocycles. The van der Waals surface area contributed by atoms with Crippen molar-refractivity contribution in [3.63, 3.8) is 0 Å². The van der Waals surface area contributed by atoms with Crippen LogP contribution in [0.25, 0.3) is 0 Å². The number of piperazine rings is 1. The lowest BCUT2D eigenvalue weighted by Crippen LogP contribution is -2.63. The molecular formula is C31H41ClF2N4O4S. The lowest BCUT2D eigenvalue weighted by atomic mass is 9.76. The van der Waals surface area contributed by atoms with E-state index < -0.39 is 57.4 Å². The standard InChI is InChI=1S/C31H41ClF2N4O4S/c32-24-8-6-21(7-9-24)27(22-11-16-42-17-12-22)28(29(35)39)38-26-19-30(33,34)18-23(26)10-13-31(20-36-14-15-37-31)43(40,41)25-4-2-1-3-5-25/h1-9,22-23,26-28,36-38H,10-20H2,(H2,35,39)/t23?,26?,27-,28+,31+/m1/s1. The van der Waals surface area contributed by atoms with Crippen molar-refractivity contribution in [3.05, 3.63) is 65.2 Å². The number of sulfone groups is 1. The highest BCUT2D eigenvalue weighted by Crippen LogP contribution is 2.44. The Balaban J connectivity index is 1.40. The molecule has 1 aliphatic carbocycles. The number of hydrogen-bond acceptors (Lipinski definition) is 7. The molecule has 3 aliphatic rings. The van der Waals surface area contributed by atoms with E-state index in [0.717, 1.165) is 5.56 Å². The Labute approximate surface area is 257 Å². The fourth-order valence-corrected chi connectivity index (χ4v) is 9.23. The van der Waals surface area contributed by atoms with Gasteiger partial charge in [-0.2, -0.15) is 0 Å². The highest BCUT2D eigenvalue weighted by Gasteiger charge is 2.51. The molecule has 5 atom stereocenters. The van der Waals surface area contributed by atoms with Crippen LogP contribution >= 0.6 is 11.6 Å². The molecule has 2 aliphatic heterocycles. The first-order valence-electron chi connectivity index (χ1n) is 15.0. The zero-order valence-corrected chi connectivity index (χ0v) is 25.7. The number of ether oxygens (including phenoxy) is 1. The van der Waals surface area contributed by atoms with Crippen molar-refractivity contribution >= 4 is 27.3 Å². The summed E-state index contributed by atoms with van der Waals surface area (Å²) in [5.41, 5.74) is 6.85. The predicted octanol–water partition coefficient (Wildman–Crippen LogP) is 3.85. The third-order valence-corrected chi connectivity index (χ3v) is 12.0. The quantitative estimate of drug-likeness (QED) is 0.295. The lowest BCUT2D eigenvalue weighted by Gasteiger charge is -2.40. The highest BCUT2D eigenvalue weighted by molar-refractivity contribution is 7.92. The molecule has 43 heavy (non-hydrogen) atoms. The number of alkyl halides is 2. The fourth-order valence-electron chi connectivity index (χ4n) is 7.16. The molecule has 236 valence electrons. The maximum Gasteiger partial charge on any atom is 0.250 e.